The third-order valence-corrected chi connectivity index (χ3v) is 5.51. The number of carboxylic acid groups (broad SMARTS) is 1. The zero-order valence-electron chi connectivity index (χ0n) is 13.8. The van der Waals surface area contributed by atoms with Gasteiger partial charge in [-0.1, -0.05) is 24.3 Å². The number of carboxylic acids is 1. The summed E-state index contributed by atoms with van der Waals surface area (Å²) < 4.78 is 26.5. The number of aromatic amines is 1. The molecule has 25 heavy (non-hydrogen) atoms. The molecular formula is C18H18N2O4S. The van der Waals surface area contributed by atoms with Crippen LogP contribution in [0, 0.1) is 6.92 Å². The van der Waals surface area contributed by atoms with Crippen LogP contribution < -0.4 is 4.72 Å². The van der Waals surface area contributed by atoms with Gasteiger partial charge in [-0.15, -0.1) is 0 Å². The lowest BCUT2D eigenvalue weighted by atomic mass is 10.1. The lowest BCUT2D eigenvalue weighted by Gasteiger charge is -2.10. The van der Waals surface area contributed by atoms with Crippen molar-refractivity contribution < 1.29 is 18.3 Å². The molecule has 0 spiro atoms. The Kier molecular flexibility index (Phi) is 4.36. The molecule has 6 nitrogen and oxygen atoms in total. The summed E-state index contributed by atoms with van der Waals surface area (Å²) in [6.07, 6.45) is 0. The Balaban J connectivity index is 1.89. The summed E-state index contributed by atoms with van der Waals surface area (Å²) in [7, 11) is -3.87. The van der Waals surface area contributed by atoms with Gasteiger partial charge in [0.25, 0.3) is 0 Å². The van der Waals surface area contributed by atoms with Gasteiger partial charge in [-0.3, -0.25) is 4.79 Å². The summed E-state index contributed by atoms with van der Waals surface area (Å²) in [5, 5.41) is 9.92. The van der Waals surface area contributed by atoms with Crippen molar-refractivity contribution in [3.63, 3.8) is 0 Å². The van der Waals surface area contributed by atoms with Gasteiger partial charge >= 0.3 is 5.97 Å². The number of H-pyrrole nitrogens is 1. The quantitative estimate of drug-likeness (QED) is 0.653. The summed E-state index contributed by atoms with van der Waals surface area (Å²) >= 11 is 0. The van der Waals surface area contributed by atoms with Crippen LogP contribution in [0.25, 0.3) is 22.2 Å². The predicted octanol–water partition coefficient (Wildman–Crippen LogP) is 2.89. The van der Waals surface area contributed by atoms with Crippen LogP contribution in [0.3, 0.4) is 0 Å². The molecule has 1 heterocycles. The highest BCUT2D eigenvalue weighted by atomic mass is 32.2. The van der Waals surface area contributed by atoms with Crippen LogP contribution in [0.5, 0.6) is 0 Å². The smallest absolute Gasteiger partial charge is 0.321 e. The molecule has 0 amide bonds. The molecule has 0 aliphatic rings. The molecule has 0 bridgehead atoms. The Morgan fingerprint density at radius 2 is 1.80 bits per heavy atom. The zero-order valence-corrected chi connectivity index (χ0v) is 14.6. The second-order valence-corrected chi connectivity index (χ2v) is 7.69. The molecule has 0 radical (unpaired) electrons. The van der Waals surface area contributed by atoms with Gasteiger partial charge in [0.2, 0.25) is 10.0 Å². The second kappa shape index (κ2) is 6.34. The number of benzene rings is 2. The van der Waals surface area contributed by atoms with Crippen molar-refractivity contribution in [3.05, 3.63) is 54.1 Å². The van der Waals surface area contributed by atoms with Gasteiger partial charge in [0.15, 0.2) is 0 Å². The van der Waals surface area contributed by atoms with E-state index in [0.29, 0.717) is 0 Å². The maximum atomic E-state index is 12.2. The first-order chi connectivity index (χ1) is 11.8. The van der Waals surface area contributed by atoms with Crippen molar-refractivity contribution in [3.8, 4) is 11.3 Å². The van der Waals surface area contributed by atoms with Crippen LogP contribution >= 0.6 is 0 Å². The maximum Gasteiger partial charge on any atom is 0.321 e. The van der Waals surface area contributed by atoms with Crippen LogP contribution in [-0.2, 0) is 14.8 Å². The van der Waals surface area contributed by atoms with E-state index in [4.69, 9.17) is 5.11 Å². The second-order valence-electron chi connectivity index (χ2n) is 5.98. The van der Waals surface area contributed by atoms with Gasteiger partial charge in [0, 0.05) is 16.6 Å². The average Bonchev–Trinajstić information content (AvgIpc) is 2.97. The Bertz CT molecular complexity index is 1040. The number of aliphatic carboxylic acids is 1. The number of hydrogen-bond donors (Lipinski definition) is 3. The first-order valence-electron chi connectivity index (χ1n) is 7.71. The van der Waals surface area contributed by atoms with E-state index in [1.807, 2.05) is 25.1 Å². The molecule has 0 saturated carbocycles. The fraction of sp³-hybridized carbons (Fsp3) is 0.167. The maximum absolute atomic E-state index is 12.2. The highest BCUT2D eigenvalue weighted by Gasteiger charge is 2.21. The van der Waals surface area contributed by atoms with Gasteiger partial charge in [-0.25, -0.2) is 8.42 Å². The minimum Gasteiger partial charge on any atom is -0.480 e. The number of nitrogens with one attached hydrogen (secondary N) is 2. The molecule has 130 valence electrons. The standard InChI is InChI=1S/C18H18N2O4S/c1-11-3-4-14-10-17(19-16(14)9-11)13-5-7-15(8-6-13)25(23,24)20-12(2)18(21)22/h3-10,12,19-20H,1-2H3,(H,21,22)/t12-/m1/s1. The molecule has 0 saturated heterocycles. The number of rotatable bonds is 5. The van der Waals surface area contributed by atoms with E-state index in [1.54, 1.807) is 12.1 Å². The van der Waals surface area contributed by atoms with Gasteiger partial charge in [-0.05, 0) is 49.2 Å². The molecule has 7 heteroatoms. The number of sulfonamides is 1. The van der Waals surface area contributed by atoms with Crippen molar-refractivity contribution in [1.82, 2.24) is 9.71 Å². The fourth-order valence-electron chi connectivity index (χ4n) is 2.56. The number of fused-ring (bicyclic) bond motifs is 1. The summed E-state index contributed by atoms with van der Waals surface area (Å²) in [6.45, 7) is 3.30. The van der Waals surface area contributed by atoms with Crippen molar-refractivity contribution >= 4 is 26.9 Å². The average molecular weight is 358 g/mol. The van der Waals surface area contributed by atoms with Crippen LogP contribution in [0.15, 0.2) is 53.4 Å². The van der Waals surface area contributed by atoms with E-state index in [-0.39, 0.29) is 4.90 Å². The zero-order chi connectivity index (χ0) is 18.2. The normalized spacial score (nSPS) is 13.0. The topological polar surface area (TPSA) is 99.3 Å². The fourth-order valence-corrected chi connectivity index (χ4v) is 3.76. The third kappa shape index (κ3) is 3.57. The molecular weight excluding hydrogens is 340 g/mol. The summed E-state index contributed by atoms with van der Waals surface area (Å²) in [4.78, 5) is 14.2. The van der Waals surface area contributed by atoms with Gasteiger partial charge in [-0.2, -0.15) is 4.72 Å². The largest absolute Gasteiger partial charge is 0.480 e. The molecule has 0 aliphatic heterocycles. The van der Waals surface area contributed by atoms with Crippen LogP contribution in [0.1, 0.15) is 12.5 Å². The summed E-state index contributed by atoms with van der Waals surface area (Å²) in [5.74, 6) is -1.23. The van der Waals surface area contributed by atoms with E-state index in [1.165, 1.54) is 19.1 Å². The molecule has 3 rings (SSSR count). The number of hydrogen-bond acceptors (Lipinski definition) is 3. The monoisotopic (exact) mass is 358 g/mol. The molecule has 1 atom stereocenters. The van der Waals surface area contributed by atoms with Crippen molar-refractivity contribution in [2.45, 2.75) is 24.8 Å². The van der Waals surface area contributed by atoms with E-state index in [2.05, 4.69) is 15.8 Å². The highest BCUT2D eigenvalue weighted by molar-refractivity contribution is 7.89. The van der Waals surface area contributed by atoms with Gasteiger partial charge in [0.1, 0.15) is 6.04 Å². The van der Waals surface area contributed by atoms with Crippen molar-refractivity contribution in [2.24, 2.45) is 0 Å². The molecule has 3 N–H and O–H groups in total. The number of carbonyl (C=O) groups is 1. The van der Waals surface area contributed by atoms with Gasteiger partial charge < -0.3 is 10.1 Å². The first-order valence-corrected chi connectivity index (χ1v) is 9.19. The van der Waals surface area contributed by atoms with Gasteiger partial charge in [0.05, 0.1) is 4.90 Å². The Labute approximate surface area is 145 Å². The first kappa shape index (κ1) is 17.2. The molecule has 0 aliphatic carbocycles. The molecule has 2 aromatic carbocycles. The van der Waals surface area contributed by atoms with E-state index in [0.717, 1.165) is 27.7 Å². The van der Waals surface area contributed by atoms with Crippen LogP contribution in [0.4, 0.5) is 0 Å². The Morgan fingerprint density at radius 3 is 2.44 bits per heavy atom. The minimum absolute atomic E-state index is 0.0244. The molecule has 0 unspecified atom stereocenters. The number of aromatic nitrogens is 1. The third-order valence-electron chi connectivity index (χ3n) is 3.96. The lowest BCUT2D eigenvalue weighted by Crippen LogP contribution is -2.38. The summed E-state index contributed by atoms with van der Waals surface area (Å²) in [6, 6.07) is 13.2. The lowest BCUT2D eigenvalue weighted by molar-refractivity contribution is -0.138. The van der Waals surface area contributed by atoms with Crippen LogP contribution in [0.2, 0.25) is 0 Å². The minimum atomic E-state index is -3.87. The number of aryl methyl sites for hydroxylation is 1. The highest BCUT2D eigenvalue weighted by Crippen LogP contribution is 2.25. The predicted molar refractivity (Wildman–Crippen MR) is 95.9 cm³/mol. The van der Waals surface area contributed by atoms with Crippen molar-refractivity contribution in [1.29, 1.82) is 0 Å². The van der Waals surface area contributed by atoms with E-state index >= 15 is 0 Å². The molecule has 0 fully saturated rings. The van der Waals surface area contributed by atoms with E-state index < -0.39 is 22.0 Å². The Morgan fingerprint density at radius 1 is 1.12 bits per heavy atom. The SMILES string of the molecule is Cc1ccc2cc(-c3ccc(S(=O)(=O)N[C@H](C)C(=O)O)cc3)[nH]c2c1. The van der Waals surface area contributed by atoms with Crippen molar-refractivity contribution in [2.75, 3.05) is 0 Å². The van der Waals surface area contributed by atoms with E-state index in [9.17, 15) is 13.2 Å². The van der Waals surface area contributed by atoms with Crippen LogP contribution in [-0.4, -0.2) is 30.5 Å². The molecule has 1 aromatic heterocycles. The summed E-state index contributed by atoms with van der Waals surface area (Å²) in [5.41, 5.74) is 3.90. The Hall–Kier alpha value is -2.64. The molecule has 3 aromatic rings.